The maximum Gasteiger partial charge on any atom is 0.235 e. The van der Waals surface area contributed by atoms with Gasteiger partial charge in [-0.25, -0.2) is 9.79 Å². The molecule has 0 aliphatic carbocycles. The van der Waals surface area contributed by atoms with Gasteiger partial charge in [0, 0.05) is 13.2 Å². The Balaban J connectivity index is 2.45. The van der Waals surface area contributed by atoms with E-state index in [-0.39, 0.29) is 6.04 Å². The van der Waals surface area contributed by atoms with Crippen molar-refractivity contribution in [2.24, 2.45) is 10.9 Å². The Bertz CT molecular complexity index is 169. The Labute approximate surface area is 72.8 Å². The minimum absolute atomic E-state index is 0.173. The van der Waals surface area contributed by atoms with E-state index in [1.165, 1.54) is 0 Å². The normalized spacial score (nSPS) is 21.4. The molecule has 1 aliphatic rings. The standard InChI is InChI=1S/C9H15NO2/c1-2-9(10-7-11)8-3-5-12-6-4-8/h8-9H,2-6H2,1H3/t9-/m1/s1. The van der Waals surface area contributed by atoms with Crippen LogP contribution in [-0.2, 0) is 9.53 Å². The third-order valence-electron chi connectivity index (χ3n) is 2.45. The summed E-state index contributed by atoms with van der Waals surface area (Å²) in [5, 5.41) is 0. The topological polar surface area (TPSA) is 38.7 Å². The smallest absolute Gasteiger partial charge is 0.235 e. The second-order valence-corrected chi connectivity index (χ2v) is 3.15. The van der Waals surface area contributed by atoms with Crippen LogP contribution in [0.25, 0.3) is 0 Å². The first kappa shape index (κ1) is 9.43. The van der Waals surface area contributed by atoms with Gasteiger partial charge in [-0.3, -0.25) is 0 Å². The molecule has 0 aromatic heterocycles. The SMILES string of the molecule is CC[C@@H](N=C=O)C1CCOCC1. The molecule has 0 spiro atoms. The molecule has 1 saturated heterocycles. The third kappa shape index (κ3) is 2.43. The zero-order valence-electron chi connectivity index (χ0n) is 7.45. The van der Waals surface area contributed by atoms with Crippen LogP contribution in [0.3, 0.4) is 0 Å². The number of ether oxygens (including phenoxy) is 1. The monoisotopic (exact) mass is 169 g/mol. The van der Waals surface area contributed by atoms with Gasteiger partial charge in [-0.2, -0.15) is 0 Å². The minimum Gasteiger partial charge on any atom is -0.381 e. The lowest BCUT2D eigenvalue weighted by Crippen LogP contribution is -2.25. The second kappa shape index (κ2) is 5.07. The van der Waals surface area contributed by atoms with Crippen LogP contribution in [0, 0.1) is 5.92 Å². The van der Waals surface area contributed by atoms with Gasteiger partial charge in [0.05, 0.1) is 6.04 Å². The molecule has 0 radical (unpaired) electrons. The van der Waals surface area contributed by atoms with E-state index in [9.17, 15) is 4.79 Å². The summed E-state index contributed by atoms with van der Waals surface area (Å²) in [6, 6.07) is 0.173. The molecule has 1 heterocycles. The van der Waals surface area contributed by atoms with Gasteiger partial charge in [0.2, 0.25) is 6.08 Å². The Hall–Kier alpha value is -0.660. The minimum atomic E-state index is 0.173. The Kier molecular flexibility index (Phi) is 3.98. The Morgan fingerprint density at radius 1 is 1.58 bits per heavy atom. The fourth-order valence-electron chi connectivity index (χ4n) is 1.70. The molecule has 0 saturated carbocycles. The molecule has 0 aromatic carbocycles. The fraction of sp³-hybridized carbons (Fsp3) is 0.889. The molecule has 0 aromatic rings. The number of aliphatic imine (C=N–C) groups is 1. The summed E-state index contributed by atoms with van der Waals surface area (Å²) < 4.78 is 5.23. The number of hydrogen-bond acceptors (Lipinski definition) is 3. The first-order valence-corrected chi connectivity index (χ1v) is 4.53. The molecule has 0 N–H and O–H groups in total. The zero-order chi connectivity index (χ0) is 8.81. The van der Waals surface area contributed by atoms with Crippen LogP contribution in [0.4, 0.5) is 0 Å². The molecule has 1 atom stereocenters. The molecule has 0 unspecified atom stereocenters. The summed E-state index contributed by atoms with van der Waals surface area (Å²) in [4.78, 5) is 13.9. The van der Waals surface area contributed by atoms with Crippen LogP contribution in [0.1, 0.15) is 26.2 Å². The first-order chi connectivity index (χ1) is 5.88. The van der Waals surface area contributed by atoms with Gasteiger partial charge in [-0.05, 0) is 25.2 Å². The van der Waals surface area contributed by atoms with Crippen molar-refractivity contribution in [2.75, 3.05) is 13.2 Å². The molecule has 3 heteroatoms. The Morgan fingerprint density at radius 2 is 2.25 bits per heavy atom. The van der Waals surface area contributed by atoms with E-state index in [2.05, 4.69) is 11.9 Å². The average Bonchev–Trinajstić information content (AvgIpc) is 2.15. The lowest BCUT2D eigenvalue weighted by molar-refractivity contribution is 0.0583. The van der Waals surface area contributed by atoms with E-state index < -0.39 is 0 Å². The molecular weight excluding hydrogens is 154 g/mol. The highest BCUT2D eigenvalue weighted by molar-refractivity contribution is 5.33. The summed E-state index contributed by atoms with van der Waals surface area (Å²) in [7, 11) is 0. The summed E-state index contributed by atoms with van der Waals surface area (Å²) in [5.41, 5.74) is 0. The third-order valence-corrected chi connectivity index (χ3v) is 2.45. The van der Waals surface area contributed by atoms with Gasteiger partial charge in [0.25, 0.3) is 0 Å². The zero-order valence-corrected chi connectivity index (χ0v) is 7.45. The summed E-state index contributed by atoms with van der Waals surface area (Å²) in [6.45, 7) is 3.69. The Morgan fingerprint density at radius 3 is 2.75 bits per heavy atom. The van der Waals surface area contributed by atoms with Crippen molar-refractivity contribution in [2.45, 2.75) is 32.2 Å². The molecule has 0 bridgehead atoms. The summed E-state index contributed by atoms with van der Waals surface area (Å²) in [6.07, 6.45) is 4.64. The van der Waals surface area contributed by atoms with E-state index in [0.29, 0.717) is 5.92 Å². The summed E-state index contributed by atoms with van der Waals surface area (Å²) >= 11 is 0. The van der Waals surface area contributed by atoms with Crippen molar-refractivity contribution >= 4 is 6.08 Å². The van der Waals surface area contributed by atoms with Gasteiger partial charge >= 0.3 is 0 Å². The van der Waals surface area contributed by atoms with Gasteiger partial charge < -0.3 is 4.74 Å². The van der Waals surface area contributed by atoms with E-state index in [1.807, 2.05) is 0 Å². The van der Waals surface area contributed by atoms with Crippen LogP contribution >= 0.6 is 0 Å². The molecule has 12 heavy (non-hydrogen) atoms. The highest BCUT2D eigenvalue weighted by atomic mass is 16.5. The van der Waals surface area contributed by atoms with Crippen LogP contribution < -0.4 is 0 Å². The van der Waals surface area contributed by atoms with Crippen molar-refractivity contribution in [3.8, 4) is 0 Å². The number of hydrogen-bond donors (Lipinski definition) is 0. The molecule has 68 valence electrons. The lowest BCUT2D eigenvalue weighted by Gasteiger charge is -2.25. The second-order valence-electron chi connectivity index (χ2n) is 3.15. The molecule has 1 fully saturated rings. The van der Waals surface area contributed by atoms with Gasteiger partial charge in [0.15, 0.2) is 0 Å². The van der Waals surface area contributed by atoms with Gasteiger partial charge in [0.1, 0.15) is 0 Å². The van der Waals surface area contributed by atoms with E-state index in [1.54, 1.807) is 6.08 Å². The summed E-state index contributed by atoms with van der Waals surface area (Å²) in [5.74, 6) is 0.533. The molecule has 3 nitrogen and oxygen atoms in total. The highest BCUT2D eigenvalue weighted by Crippen LogP contribution is 2.22. The van der Waals surface area contributed by atoms with Gasteiger partial charge in [-0.15, -0.1) is 0 Å². The fourth-order valence-corrected chi connectivity index (χ4v) is 1.70. The van der Waals surface area contributed by atoms with Crippen LogP contribution in [0.15, 0.2) is 4.99 Å². The number of rotatable bonds is 3. The van der Waals surface area contributed by atoms with Crippen molar-refractivity contribution in [1.29, 1.82) is 0 Å². The maximum atomic E-state index is 10.1. The number of carbonyl (C=O) groups excluding carboxylic acids is 1. The molecule has 1 aliphatic heterocycles. The van der Waals surface area contributed by atoms with Crippen molar-refractivity contribution in [1.82, 2.24) is 0 Å². The van der Waals surface area contributed by atoms with Gasteiger partial charge in [-0.1, -0.05) is 6.92 Å². The number of nitrogens with zero attached hydrogens (tertiary/aromatic N) is 1. The molecular formula is C9H15NO2. The largest absolute Gasteiger partial charge is 0.381 e. The predicted octanol–water partition coefficient (Wildman–Crippen LogP) is 1.53. The maximum absolute atomic E-state index is 10.1. The molecule has 0 amide bonds. The first-order valence-electron chi connectivity index (χ1n) is 4.53. The van der Waals surface area contributed by atoms with Crippen molar-refractivity contribution in [3.05, 3.63) is 0 Å². The highest BCUT2D eigenvalue weighted by Gasteiger charge is 2.21. The van der Waals surface area contributed by atoms with Crippen LogP contribution in [0.5, 0.6) is 0 Å². The van der Waals surface area contributed by atoms with Crippen molar-refractivity contribution < 1.29 is 9.53 Å². The number of isocyanates is 1. The van der Waals surface area contributed by atoms with Crippen molar-refractivity contribution in [3.63, 3.8) is 0 Å². The average molecular weight is 169 g/mol. The van der Waals surface area contributed by atoms with E-state index in [0.717, 1.165) is 32.5 Å². The van der Waals surface area contributed by atoms with E-state index in [4.69, 9.17) is 4.74 Å². The van der Waals surface area contributed by atoms with Crippen LogP contribution in [-0.4, -0.2) is 25.3 Å². The quantitative estimate of drug-likeness (QED) is 0.474. The predicted molar refractivity (Wildman–Crippen MR) is 45.7 cm³/mol. The van der Waals surface area contributed by atoms with E-state index >= 15 is 0 Å². The van der Waals surface area contributed by atoms with Crippen LogP contribution in [0.2, 0.25) is 0 Å². The lowest BCUT2D eigenvalue weighted by atomic mass is 9.91. The molecule has 1 rings (SSSR count).